The minimum absolute atomic E-state index is 0.126. The summed E-state index contributed by atoms with van der Waals surface area (Å²) < 4.78 is 178. The Morgan fingerprint density at radius 2 is 0.800 bits per heavy atom. The van der Waals surface area contributed by atoms with E-state index in [2.05, 4.69) is 46.4 Å². The van der Waals surface area contributed by atoms with Crippen LogP contribution in [-0.4, -0.2) is 44.0 Å². The molecule has 422 valence electrons. The van der Waals surface area contributed by atoms with Gasteiger partial charge in [0.15, 0.2) is 11.6 Å². The highest BCUT2D eigenvalue weighted by molar-refractivity contribution is 5.35. The number of rotatable bonds is 28. The van der Waals surface area contributed by atoms with Crippen LogP contribution >= 0.6 is 0 Å². The topological polar surface area (TPSA) is 46.2 Å². The molecule has 5 nitrogen and oxygen atoms in total. The van der Waals surface area contributed by atoms with Gasteiger partial charge in [-0.05, 0) is 165 Å². The maximum atomic E-state index is 15.0. The normalized spacial score (nSPS) is 25.7. The van der Waals surface area contributed by atoms with Gasteiger partial charge in [-0.1, -0.05) is 68.9 Å². The van der Waals surface area contributed by atoms with Crippen LogP contribution in [0.5, 0.6) is 17.2 Å². The van der Waals surface area contributed by atoms with Crippen LogP contribution in [0.25, 0.3) is 0 Å². The summed E-state index contributed by atoms with van der Waals surface area (Å²) in [6.07, 6.45) is 21.7. The molecule has 0 spiro atoms. The van der Waals surface area contributed by atoms with Gasteiger partial charge >= 0.3 is 18.6 Å². The van der Waals surface area contributed by atoms with Crippen molar-refractivity contribution < 1.29 is 72.0 Å². The second-order valence-electron chi connectivity index (χ2n) is 21.8. The molecule has 4 aliphatic carbocycles. The second-order valence-corrected chi connectivity index (χ2v) is 21.8. The molecule has 0 aromatic heterocycles. The first-order chi connectivity index (χ1) is 35.8. The highest BCUT2D eigenvalue weighted by Crippen LogP contribution is 2.44. The van der Waals surface area contributed by atoms with E-state index in [9.17, 15) is 48.3 Å². The molecule has 0 saturated heterocycles. The van der Waals surface area contributed by atoms with Gasteiger partial charge in [-0.2, -0.15) is 17.6 Å². The van der Waals surface area contributed by atoms with E-state index in [1.54, 1.807) is 0 Å². The number of ether oxygens (including phenoxy) is 5. The van der Waals surface area contributed by atoms with Gasteiger partial charge in [-0.3, -0.25) is 0 Å². The first kappa shape index (κ1) is 60.4. The number of hydrogen-bond donors (Lipinski definition) is 0. The Labute approximate surface area is 437 Å². The van der Waals surface area contributed by atoms with Crippen LogP contribution in [0.1, 0.15) is 173 Å². The molecule has 0 N–H and O–H groups in total. The summed E-state index contributed by atoms with van der Waals surface area (Å²) in [4.78, 5) is 0. The fourth-order valence-electron chi connectivity index (χ4n) is 11.4. The summed E-state index contributed by atoms with van der Waals surface area (Å²) in [7, 11) is 0. The zero-order chi connectivity index (χ0) is 54.0. The Morgan fingerprint density at radius 3 is 1.15 bits per heavy atom. The van der Waals surface area contributed by atoms with Crippen molar-refractivity contribution in [3.8, 4) is 17.2 Å². The van der Waals surface area contributed by atoms with E-state index >= 15 is 0 Å². The summed E-state index contributed by atoms with van der Waals surface area (Å²) in [6.45, 7) is 6.91. The highest BCUT2D eigenvalue weighted by Gasteiger charge is 2.45. The summed E-state index contributed by atoms with van der Waals surface area (Å²) >= 11 is 0. The number of alkyl halides is 7. The van der Waals surface area contributed by atoms with Crippen LogP contribution in [0.4, 0.5) is 48.3 Å². The zero-order valence-electron chi connectivity index (χ0n) is 43.6. The third kappa shape index (κ3) is 20.2. The number of benzene rings is 2. The van der Waals surface area contributed by atoms with E-state index in [1.807, 2.05) is 0 Å². The Morgan fingerprint density at radius 1 is 0.467 bits per heavy atom. The van der Waals surface area contributed by atoms with Crippen molar-refractivity contribution in [1.82, 2.24) is 0 Å². The second kappa shape index (κ2) is 29.3. The number of unbranched alkanes of at least 4 members (excludes halogenated alkanes) is 6. The fraction of sp³-hybridized carbons (Fsp3) is 0.695. The van der Waals surface area contributed by atoms with E-state index in [0.29, 0.717) is 62.4 Å². The average Bonchev–Trinajstić information content (AvgIpc) is 3.37. The van der Waals surface area contributed by atoms with Gasteiger partial charge < -0.3 is 23.7 Å². The lowest BCUT2D eigenvalue weighted by molar-refractivity contribution is -0.276. The molecule has 6 rings (SSSR count). The van der Waals surface area contributed by atoms with E-state index in [-0.39, 0.29) is 48.5 Å². The van der Waals surface area contributed by atoms with E-state index in [0.717, 1.165) is 102 Å². The molecule has 0 amide bonds. The van der Waals surface area contributed by atoms with Crippen molar-refractivity contribution in [1.29, 1.82) is 0 Å². The van der Waals surface area contributed by atoms with Crippen molar-refractivity contribution in [2.24, 2.45) is 41.4 Å². The lowest BCUT2D eigenvalue weighted by Crippen LogP contribution is -2.37. The molecule has 2 aromatic rings. The van der Waals surface area contributed by atoms with Crippen LogP contribution in [0.2, 0.25) is 0 Å². The van der Waals surface area contributed by atoms with Gasteiger partial charge in [-0.25, -0.2) is 17.6 Å². The molecule has 0 radical (unpaired) electrons. The van der Waals surface area contributed by atoms with Gasteiger partial charge in [0.2, 0.25) is 5.75 Å². The molecule has 4 aliphatic rings. The number of halogens is 11. The van der Waals surface area contributed by atoms with Crippen LogP contribution in [-0.2, 0) is 9.47 Å². The minimum Gasteiger partial charge on any atom is -0.432 e. The van der Waals surface area contributed by atoms with Crippen LogP contribution in [0.15, 0.2) is 61.2 Å². The monoisotopic (exact) mass is 1080 g/mol. The lowest BCUT2D eigenvalue weighted by Gasteiger charge is -2.32. The molecule has 4 fully saturated rings. The van der Waals surface area contributed by atoms with Crippen molar-refractivity contribution >= 4 is 0 Å². The van der Waals surface area contributed by atoms with Gasteiger partial charge in [0.05, 0.1) is 24.0 Å². The van der Waals surface area contributed by atoms with Crippen molar-refractivity contribution in [2.75, 3.05) is 13.2 Å². The molecular formula is C59H79F11O5. The smallest absolute Gasteiger partial charge is 0.432 e. The van der Waals surface area contributed by atoms with Gasteiger partial charge in [0.1, 0.15) is 23.1 Å². The minimum atomic E-state index is -5.36. The van der Waals surface area contributed by atoms with Crippen molar-refractivity contribution in [2.45, 2.75) is 205 Å². The Hall–Kier alpha value is -3.79. The largest absolute Gasteiger partial charge is 0.573 e. The Bertz CT molecular complexity index is 2030. The first-order valence-electron chi connectivity index (χ1n) is 27.8. The van der Waals surface area contributed by atoms with Crippen LogP contribution in [0.3, 0.4) is 0 Å². The third-order valence-corrected chi connectivity index (χ3v) is 16.2. The lowest BCUT2D eigenvalue weighted by atomic mass is 9.80. The first-order valence-corrected chi connectivity index (χ1v) is 27.8. The number of allylic oxidation sites excluding steroid dienone is 5. The molecule has 16 heteroatoms. The van der Waals surface area contributed by atoms with Crippen molar-refractivity contribution in [3.05, 3.63) is 90.1 Å². The summed E-state index contributed by atoms with van der Waals surface area (Å²) in [5.41, 5.74) is -0.224. The maximum Gasteiger partial charge on any atom is 0.573 e. The zero-order valence-corrected chi connectivity index (χ0v) is 43.6. The van der Waals surface area contributed by atoms with Gasteiger partial charge in [0, 0.05) is 43.0 Å². The predicted molar refractivity (Wildman–Crippen MR) is 268 cm³/mol. The molecule has 0 bridgehead atoms. The van der Waals surface area contributed by atoms with Gasteiger partial charge in [0.25, 0.3) is 0 Å². The van der Waals surface area contributed by atoms with E-state index < -0.39 is 70.9 Å². The SMILES string of the molecule is C=CC(CCCCCCOC1CCC(/C=C/C2CCC(C(F)(F)Oc3cc(F)c(C)c(F)c3)CC2)CC1)CCCCCCOC1CCC(/C=C/C2CCC(C(F)(F)Oc3cc(F)c(OC(F)(F)F)c(F)c3)CC2)CC1. The Kier molecular flexibility index (Phi) is 23.6. The van der Waals surface area contributed by atoms with Crippen LogP contribution in [0, 0.1) is 71.6 Å². The summed E-state index contributed by atoms with van der Waals surface area (Å²) in [6, 6.07) is 2.15. The molecule has 1 unspecified atom stereocenters. The molecule has 0 aliphatic heterocycles. The number of hydrogen-bond acceptors (Lipinski definition) is 5. The average molecular weight is 1080 g/mol. The molecule has 75 heavy (non-hydrogen) atoms. The van der Waals surface area contributed by atoms with Gasteiger partial charge in [-0.15, -0.1) is 19.8 Å². The predicted octanol–water partition coefficient (Wildman–Crippen LogP) is 18.7. The van der Waals surface area contributed by atoms with E-state index in [1.165, 1.54) is 45.4 Å². The molecule has 2 aromatic carbocycles. The molecule has 0 heterocycles. The standard InChI is InChI=1S/C59H79F11O5/c1-3-41(12-8-4-6-10-34-71-48-30-22-44(23-31-48)16-14-42-18-26-46(27-19-42)57(64,65)73-50-36-52(60)40(2)53(61)37-50)13-9-5-7-11-35-72-49-32-24-45(25-33-49)17-15-43-20-28-47(29-21-43)58(66,67)74-51-38-54(62)56(55(63)39-51)75-59(68,69)70/h3,14-17,36-39,41-49H,1,4-13,18-35H2,2H3/b16-14+,17-15+. The third-order valence-electron chi connectivity index (χ3n) is 16.2. The molecular weight excluding hydrogens is 998 g/mol. The quantitative estimate of drug-likeness (QED) is 0.0483. The molecule has 4 saturated carbocycles. The molecule has 1 atom stereocenters. The van der Waals surface area contributed by atoms with Crippen LogP contribution < -0.4 is 14.2 Å². The highest BCUT2D eigenvalue weighted by atomic mass is 19.4. The fourth-order valence-corrected chi connectivity index (χ4v) is 11.4. The van der Waals surface area contributed by atoms with E-state index in [4.69, 9.17) is 14.2 Å². The summed E-state index contributed by atoms with van der Waals surface area (Å²) in [5.74, 6) is -8.93. The maximum absolute atomic E-state index is 15.0. The summed E-state index contributed by atoms with van der Waals surface area (Å²) in [5, 5.41) is 0. The van der Waals surface area contributed by atoms with Crippen molar-refractivity contribution in [3.63, 3.8) is 0 Å². The Balaban J connectivity index is 0.713.